The highest BCUT2D eigenvalue weighted by atomic mass is 16.5. The Kier molecular flexibility index (Phi) is 4.90. The first-order valence-corrected chi connectivity index (χ1v) is 7.78. The molecule has 0 bridgehead atoms. The molecule has 0 fully saturated rings. The lowest BCUT2D eigenvalue weighted by Gasteiger charge is -2.28. The van der Waals surface area contributed by atoms with Gasteiger partial charge in [-0.25, -0.2) is 9.97 Å². The van der Waals surface area contributed by atoms with Crippen LogP contribution in [0.25, 0.3) is 0 Å². The van der Waals surface area contributed by atoms with Gasteiger partial charge < -0.3 is 20.1 Å². The maximum atomic E-state index is 12.7. The van der Waals surface area contributed by atoms with Crippen molar-refractivity contribution >= 4 is 11.9 Å². The first-order valence-electron chi connectivity index (χ1n) is 7.78. The van der Waals surface area contributed by atoms with Crippen LogP contribution in [0.5, 0.6) is 5.75 Å². The maximum absolute atomic E-state index is 12.7. The molecule has 3 rings (SSSR count). The van der Waals surface area contributed by atoms with Gasteiger partial charge in [0.05, 0.1) is 12.3 Å². The fourth-order valence-electron chi connectivity index (χ4n) is 2.65. The van der Waals surface area contributed by atoms with Crippen molar-refractivity contribution in [3.8, 4) is 5.75 Å². The van der Waals surface area contributed by atoms with Crippen LogP contribution in [0.4, 0.5) is 5.95 Å². The first-order chi connectivity index (χ1) is 11.7. The third-order valence-corrected chi connectivity index (χ3v) is 3.88. The van der Waals surface area contributed by atoms with Crippen molar-refractivity contribution in [3.05, 3.63) is 47.3 Å². The lowest BCUT2D eigenvalue weighted by Crippen LogP contribution is -2.36. The van der Waals surface area contributed by atoms with Crippen LogP contribution in [0.2, 0.25) is 0 Å². The molecule has 0 saturated heterocycles. The number of hydrogen-bond acceptors (Lipinski definition) is 6. The number of carbonyl (C=O) groups is 1. The van der Waals surface area contributed by atoms with Gasteiger partial charge in [0.15, 0.2) is 0 Å². The number of benzene rings is 1. The van der Waals surface area contributed by atoms with Gasteiger partial charge in [0, 0.05) is 43.9 Å². The molecule has 1 aliphatic heterocycles. The SMILES string of the molecule is COCCOc1cccc(C(=O)N2CCc3nc(N)ncc3C2)c1. The lowest BCUT2D eigenvalue weighted by molar-refractivity contribution is 0.0732. The van der Waals surface area contributed by atoms with E-state index in [1.165, 1.54) is 0 Å². The number of methoxy groups -OCH3 is 1. The van der Waals surface area contributed by atoms with Gasteiger partial charge >= 0.3 is 0 Å². The number of ether oxygens (including phenoxy) is 2. The Hall–Kier alpha value is -2.67. The fraction of sp³-hybridized carbons (Fsp3) is 0.353. The van der Waals surface area contributed by atoms with Gasteiger partial charge in [-0.05, 0) is 18.2 Å². The molecule has 126 valence electrons. The predicted octanol–water partition coefficient (Wildman–Crippen LogP) is 1.28. The number of fused-ring (bicyclic) bond motifs is 1. The molecule has 7 nitrogen and oxygen atoms in total. The van der Waals surface area contributed by atoms with Crippen molar-refractivity contribution in [1.29, 1.82) is 0 Å². The number of aromatic nitrogens is 2. The molecule has 0 unspecified atom stereocenters. The topological polar surface area (TPSA) is 90.6 Å². The Morgan fingerprint density at radius 2 is 2.25 bits per heavy atom. The highest BCUT2D eigenvalue weighted by Gasteiger charge is 2.23. The molecule has 0 radical (unpaired) electrons. The second kappa shape index (κ2) is 7.27. The van der Waals surface area contributed by atoms with Crippen molar-refractivity contribution < 1.29 is 14.3 Å². The number of nitrogen functional groups attached to an aromatic ring is 1. The monoisotopic (exact) mass is 328 g/mol. The van der Waals surface area contributed by atoms with Gasteiger partial charge in [0.25, 0.3) is 5.91 Å². The standard InChI is InChI=1S/C17H20N4O3/c1-23-7-8-24-14-4-2-3-12(9-14)16(22)21-6-5-15-13(11-21)10-19-17(18)20-15/h2-4,9-10H,5-8,11H2,1H3,(H2,18,19,20). The van der Waals surface area contributed by atoms with Gasteiger partial charge in [0.2, 0.25) is 5.95 Å². The lowest BCUT2D eigenvalue weighted by atomic mass is 10.1. The number of anilines is 1. The van der Waals surface area contributed by atoms with Crippen LogP contribution in [0.15, 0.2) is 30.5 Å². The normalized spacial score (nSPS) is 13.5. The van der Waals surface area contributed by atoms with E-state index in [0.29, 0.717) is 44.0 Å². The quantitative estimate of drug-likeness (QED) is 0.832. The van der Waals surface area contributed by atoms with Crippen molar-refractivity contribution in [3.63, 3.8) is 0 Å². The van der Waals surface area contributed by atoms with Crippen LogP contribution in [0, 0.1) is 0 Å². The average Bonchev–Trinajstić information content (AvgIpc) is 2.61. The van der Waals surface area contributed by atoms with E-state index in [4.69, 9.17) is 15.2 Å². The zero-order chi connectivity index (χ0) is 16.9. The summed E-state index contributed by atoms with van der Waals surface area (Å²) in [6, 6.07) is 7.19. The van der Waals surface area contributed by atoms with Gasteiger partial charge in [0.1, 0.15) is 12.4 Å². The van der Waals surface area contributed by atoms with Crippen LogP contribution in [-0.4, -0.2) is 47.6 Å². The molecule has 1 aromatic carbocycles. The molecule has 0 saturated carbocycles. The molecular weight excluding hydrogens is 308 g/mol. The summed E-state index contributed by atoms with van der Waals surface area (Å²) in [5.74, 6) is 0.899. The number of nitrogens with two attached hydrogens (primary N) is 1. The van der Waals surface area contributed by atoms with Crippen LogP contribution < -0.4 is 10.5 Å². The zero-order valence-corrected chi connectivity index (χ0v) is 13.6. The van der Waals surface area contributed by atoms with Crippen molar-refractivity contribution in [1.82, 2.24) is 14.9 Å². The minimum Gasteiger partial charge on any atom is -0.491 e. The van der Waals surface area contributed by atoms with E-state index in [1.807, 2.05) is 12.1 Å². The molecule has 0 aliphatic carbocycles. The number of amides is 1. The Labute approximate surface area is 140 Å². The molecule has 2 heterocycles. The molecule has 7 heteroatoms. The second-order valence-electron chi connectivity index (χ2n) is 5.55. The predicted molar refractivity (Wildman–Crippen MR) is 88.7 cm³/mol. The summed E-state index contributed by atoms with van der Waals surface area (Å²) in [4.78, 5) is 22.8. The fourth-order valence-corrected chi connectivity index (χ4v) is 2.65. The summed E-state index contributed by atoms with van der Waals surface area (Å²) >= 11 is 0. The van der Waals surface area contributed by atoms with Gasteiger partial charge in [-0.1, -0.05) is 6.07 Å². The summed E-state index contributed by atoms with van der Waals surface area (Å²) in [7, 11) is 1.62. The summed E-state index contributed by atoms with van der Waals surface area (Å²) < 4.78 is 10.5. The van der Waals surface area contributed by atoms with E-state index in [2.05, 4.69) is 9.97 Å². The number of hydrogen-bond donors (Lipinski definition) is 1. The Bertz CT molecular complexity index is 736. The smallest absolute Gasteiger partial charge is 0.254 e. The van der Waals surface area contributed by atoms with E-state index in [-0.39, 0.29) is 11.9 Å². The summed E-state index contributed by atoms with van der Waals surface area (Å²) in [5, 5.41) is 0. The minimum absolute atomic E-state index is 0.0327. The Morgan fingerprint density at radius 3 is 3.08 bits per heavy atom. The minimum atomic E-state index is -0.0327. The van der Waals surface area contributed by atoms with Crippen LogP contribution >= 0.6 is 0 Å². The molecular formula is C17H20N4O3. The molecule has 0 spiro atoms. The van der Waals surface area contributed by atoms with E-state index in [1.54, 1.807) is 30.3 Å². The number of rotatable bonds is 5. The van der Waals surface area contributed by atoms with Crippen molar-refractivity contribution in [2.45, 2.75) is 13.0 Å². The van der Waals surface area contributed by atoms with Crippen molar-refractivity contribution in [2.75, 3.05) is 32.6 Å². The molecule has 2 aromatic rings. The molecule has 1 aromatic heterocycles. The average molecular weight is 328 g/mol. The van der Waals surface area contributed by atoms with Gasteiger partial charge in [-0.15, -0.1) is 0 Å². The first kappa shape index (κ1) is 16.2. The van der Waals surface area contributed by atoms with E-state index in [9.17, 15) is 4.79 Å². The summed E-state index contributed by atoms with van der Waals surface area (Å²) in [5.41, 5.74) is 8.07. The Morgan fingerprint density at radius 1 is 1.38 bits per heavy atom. The second-order valence-corrected chi connectivity index (χ2v) is 5.55. The van der Waals surface area contributed by atoms with Gasteiger partial charge in [-0.3, -0.25) is 4.79 Å². The highest BCUT2D eigenvalue weighted by molar-refractivity contribution is 5.94. The van der Waals surface area contributed by atoms with E-state index < -0.39 is 0 Å². The maximum Gasteiger partial charge on any atom is 0.254 e. The van der Waals surface area contributed by atoms with Crippen LogP contribution in [-0.2, 0) is 17.7 Å². The zero-order valence-electron chi connectivity index (χ0n) is 13.6. The molecule has 24 heavy (non-hydrogen) atoms. The number of nitrogens with zero attached hydrogens (tertiary/aromatic N) is 3. The van der Waals surface area contributed by atoms with E-state index in [0.717, 1.165) is 11.3 Å². The highest BCUT2D eigenvalue weighted by Crippen LogP contribution is 2.21. The van der Waals surface area contributed by atoms with Crippen LogP contribution in [0.3, 0.4) is 0 Å². The molecule has 1 aliphatic rings. The van der Waals surface area contributed by atoms with Crippen molar-refractivity contribution in [2.24, 2.45) is 0 Å². The largest absolute Gasteiger partial charge is 0.491 e. The van der Waals surface area contributed by atoms with Crippen LogP contribution in [0.1, 0.15) is 21.6 Å². The van der Waals surface area contributed by atoms with Gasteiger partial charge in [-0.2, -0.15) is 0 Å². The third-order valence-electron chi connectivity index (χ3n) is 3.88. The molecule has 0 atom stereocenters. The van der Waals surface area contributed by atoms with E-state index >= 15 is 0 Å². The summed E-state index contributed by atoms with van der Waals surface area (Å²) in [6.45, 7) is 2.05. The number of carbonyl (C=O) groups excluding carboxylic acids is 1. The summed E-state index contributed by atoms with van der Waals surface area (Å²) in [6.07, 6.45) is 2.37. The Balaban J connectivity index is 1.70. The third kappa shape index (κ3) is 3.62. The molecule has 2 N–H and O–H groups in total. The molecule has 1 amide bonds.